The first-order chi connectivity index (χ1) is 23.1. The largest absolute Gasteiger partial charge is 0.444 e. The lowest BCUT2D eigenvalue weighted by Crippen LogP contribution is -2.58. The minimum absolute atomic E-state index is 0.139. The van der Waals surface area contributed by atoms with Crippen LogP contribution >= 0.6 is 0 Å². The smallest absolute Gasteiger partial charge is 0.408 e. The topological polar surface area (TPSA) is 135 Å². The average molecular weight is 677 g/mol. The van der Waals surface area contributed by atoms with Gasteiger partial charge in [-0.25, -0.2) is 14.2 Å². The van der Waals surface area contributed by atoms with Crippen LogP contribution in [0.4, 0.5) is 15.0 Å². The van der Waals surface area contributed by atoms with E-state index >= 15 is 0 Å². The number of anilines is 1. The molecule has 1 aromatic heterocycles. The van der Waals surface area contributed by atoms with Crippen molar-refractivity contribution in [1.82, 2.24) is 25.1 Å². The van der Waals surface area contributed by atoms with Gasteiger partial charge in [-0.15, -0.1) is 0 Å². The molecule has 4 amide bonds. The third-order valence-corrected chi connectivity index (χ3v) is 8.47. The second-order valence-electron chi connectivity index (χ2n) is 14.3. The highest BCUT2D eigenvalue weighted by atomic mass is 19.1. The fourth-order valence-corrected chi connectivity index (χ4v) is 5.62. The van der Waals surface area contributed by atoms with Gasteiger partial charge in [0.15, 0.2) is 5.82 Å². The van der Waals surface area contributed by atoms with Crippen molar-refractivity contribution in [1.29, 1.82) is 0 Å². The van der Waals surface area contributed by atoms with E-state index in [0.29, 0.717) is 43.8 Å². The third-order valence-electron chi connectivity index (χ3n) is 8.47. The number of nitrogens with one attached hydrogen (secondary N) is 3. The number of likely N-dealkylation sites (tertiary alicyclic amines) is 1. The molecule has 2 heterocycles. The highest BCUT2D eigenvalue weighted by molar-refractivity contribution is 5.98. The number of benzene rings is 2. The molecule has 4 rings (SSSR count). The van der Waals surface area contributed by atoms with Gasteiger partial charge >= 0.3 is 6.09 Å². The van der Waals surface area contributed by atoms with Crippen molar-refractivity contribution in [3.05, 3.63) is 84.1 Å². The van der Waals surface area contributed by atoms with Gasteiger partial charge in [-0.1, -0.05) is 49.4 Å². The van der Waals surface area contributed by atoms with E-state index in [-0.39, 0.29) is 11.7 Å². The highest BCUT2D eigenvalue weighted by Gasteiger charge is 2.35. The van der Waals surface area contributed by atoms with Crippen molar-refractivity contribution in [3.8, 4) is 0 Å². The van der Waals surface area contributed by atoms with Crippen LogP contribution in [0.2, 0.25) is 0 Å². The summed E-state index contributed by atoms with van der Waals surface area (Å²) in [6.45, 7) is 11.6. The zero-order valence-corrected chi connectivity index (χ0v) is 29.3. The number of rotatable bonds is 12. The lowest BCUT2D eigenvalue weighted by Gasteiger charge is -2.33. The van der Waals surface area contributed by atoms with Gasteiger partial charge < -0.3 is 30.2 Å². The van der Waals surface area contributed by atoms with Gasteiger partial charge in [0.25, 0.3) is 0 Å². The Morgan fingerprint density at radius 2 is 1.63 bits per heavy atom. The zero-order chi connectivity index (χ0) is 35.8. The number of piperidine rings is 1. The molecule has 264 valence electrons. The van der Waals surface area contributed by atoms with E-state index in [0.717, 1.165) is 18.4 Å². The van der Waals surface area contributed by atoms with Crippen molar-refractivity contribution < 1.29 is 28.3 Å². The van der Waals surface area contributed by atoms with Crippen molar-refractivity contribution in [2.24, 2.45) is 5.92 Å². The summed E-state index contributed by atoms with van der Waals surface area (Å²) in [4.78, 5) is 59.6. The molecule has 0 saturated carbocycles. The number of carbonyl (C=O) groups excluding carboxylic acids is 4. The molecule has 0 radical (unpaired) electrons. The molecule has 49 heavy (non-hydrogen) atoms. The summed E-state index contributed by atoms with van der Waals surface area (Å²) >= 11 is 0. The van der Waals surface area contributed by atoms with Gasteiger partial charge in [0.05, 0.1) is 6.33 Å². The van der Waals surface area contributed by atoms with E-state index < -0.39 is 46.9 Å². The summed E-state index contributed by atoms with van der Waals surface area (Å²) in [5.41, 5.74) is -0.465. The first-order valence-electron chi connectivity index (χ1n) is 16.9. The Kier molecular flexibility index (Phi) is 12.2. The zero-order valence-electron chi connectivity index (χ0n) is 29.3. The number of hydrogen-bond acceptors (Lipinski definition) is 6. The minimum atomic E-state index is -1.39. The molecule has 1 saturated heterocycles. The Hall–Kier alpha value is -4.74. The molecule has 2 atom stereocenters. The van der Waals surface area contributed by atoms with E-state index in [1.165, 1.54) is 32.3 Å². The predicted molar refractivity (Wildman–Crippen MR) is 185 cm³/mol. The summed E-state index contributed by atoms with van der Waals surface area (Å²) in [6.07, 6.45) is 5.64. The number of halogens is 1. The molecular formula is C37H49FN6O5. The molecule has 12 heteroatoms. The number of nitrogens with zero attached hydrogens (tertiary/aromatic N) is 3. The normalized spacial score (nSPS) is 15.2. The average Bonchev–Trinajstić information content (AvgIpc) is 3.48. The van der Waals surface area contributed by atoms with Crippen LogP contribution in [-0.4, -0.2) is 68.5 Å². The first-order valence-corrected chi connectivity index (χ1v) is 16.9. The van der Waals surface area contributed by atoms with Gasteiger partial charge in [0.1, 0.15) is 29.0 Å². The van der Waals surface area contributed by atoms with Crippen LogP contribution in [0.15, 0.2) is 67.1 Å². The third kappa shape index (κ3) is 10.9. The van der Waals surface area contributed by atoms with Crippen LogP contribution in [0.5, 0.6) is 0 Å². The number of imidazole rings is 1. The quantitative estimate of drug-likeness (QED) is 0.228. The lowest BCUT2D eigenvalue weighted by molar-refractivity contribution is -0.135. The van der Waals surface area contributed by atoms with E-state index in [1.807, 2.05) is 35.2 Å². The maximum absolute atomic E-state index is 13.8. The second-order valence-corrected chi connectivity index (χ2v) is 14.3. The molecule has 0 spiro atoms. The Balaban J connectivity index is 1.52. The monoisotopic (exact) mass is 676 g/mol. The molecule has 0 bridgehead atoms. The molecule has 1 aliphatic heterocycles. The SMILES string of the molecule is CC1CCN(C(=O)C(c2ccc(F)cc2)n2cnc(NC(=O)C(CCCc3ccccc3)NC(=O)C(C)(C)NC(=O)OC(C)(C)C)c2)CC1. The van der Waals surface area contributed by atoms with Gasteiger partial charge in [-0.3, -0.25) is 14.4 Å². The number of hydrogen-bond donors (Lipinski definition) is 3. The van der Waals surface area contributed by atoms with Crippen molar-refractivity contribution >= 4 is 29.6 Å². The van der Waals surface area contributed by atoms with Gasteiger partial charge in [-0.05, 0) is 95.9 Å². The number of carbonyl (C=O) groups is 4. The summed E-state index contributed by atoms with van der Waals surface area (Å²) in [5, 5.41) is 8.19. The molecule has 2 aromatic carbocycles. The van der Waals surface area contributed by atoms with E-state index in [9.17, 15) is 23.6 Å². The number of ether oxygens (including phenoxy) is 1. The van der Waals surface area contributed by atoms with Crippen LogP contribution < -0.4 is 16.0 Å². The van der Waals surface area contributed by atoms with Gasteiger partial charge in [0.2, 0.25) is 17.7 Å². The molecule has 1 aliphatic rings. The number of aromatic nitrogens is 2. The van der Waals surface area contributed by atoms with Crippen LogP contribution in [0, 0.1) is 11.7 Å². The molecule has 11 nitrogen and oxygen atoms in total. The number of amides is 4. The van der Waals surface area contributed by atoms with E-state index in [1.54, 1.807) is 43.7 Å². The van der Waals surface area contributed by atoms with E-state index in [4.69, 9.17) is 4.74 Å². The maximum atomic E-state index is 13.8. The van der Waals surface area contributed by atoms with E-state index in [2.05, 4.69) is 27.9 Å². The Labute approximate surface area is 288 Å². The van der Waals surface area contributed by atoms with Crippen LogP contribution in [-0.2, 0) is 25.5 Å². The molecule has 2 unspecified atom stereocenters. The summed E-state index contributed by atoms with van der Waals surface area (Å²) in [6, 6.07) is 13.8. The fraction of sp³-hybridized carbons (Fsp3) is 0.486. The highest BCUT2D eigenvalue weighted by Crippen LogP contribution is 2.26. The van der Waals surface area contributed by atoms with Crippen LogP contribution in [0.3, 0.4) is 0 Å². The molecular weight excluding hydrogens is 627 g/mol. The van der Waals surface area contributed by atoms with Crippen molar-refractivity contribution in [3.63, 3.8) is 0 Å². The maximum Gasteiger partial charge on any atom is 0.408 e. The number of aryl methyl sites for hydroxylation is 1. The Morgan fingerprint density at radius 3 is 2.27 bits per heavy atom. The van der Waals surface area contributed by atoms with Crippen LogP contribution in [0.1, 0.15) is 84.4 Å². The van der Waals surface area contributed by atoms with Crippen molar-refractivity contribution in [2.45, 2.75) is 96.9 Å². The lowest BCUT2D eigenvalue weighted by atomic mass is 9.97. The summed E-state index contributed by atoms with van der Waals surface area (Å²) < 4.78 is 20.8. The molecule has 3 aromatic rings. The van der Waals surface area contributed by atoms with Crippen LogP contribution in [0.25, 0.3) is 0 Å². The summed E-state index contributed by atoms with van der Waals surface area (Å²) in [7, 11) is 0. The number of alkyl carbamates (subject to hydrolysis) is 1. The second kappa shape index (κ2) is 16.1. The Morgan fingerprint density at radius 1 is 0.980 bits per heavy atom. The minimum Gasteiger partial charge on any atom is -0.444 e. The van der Waals surface area contributed by atoms with Gasteiger partial charge in [0, 0.05) is 19.3 Å². The first kappa shape index (κ1) is 37.1. The predicted octanol–water partition coefficient (Wildman–Crippen LogP) is 5.62. The fourth-order valence-electron chi connectivity index (χ4n) is 5.62. The van der Waals surface area contributed by atoms with Crippen molar-refractivity contribution in [2.75, 3.05) is 18.4 Å². The Bertz CT molecular complexity index is 1580. The molecule has 1 fully saturated rings. The summed E-state index contributed by atoms with van der Waals surface area (Å²) in [5.74, 6) is -0.908. The van der Waals surface area contributed by atoms with Gasteiger partial charge in [-0.2, -0.15) is 0 Å². The molecule has 0 aliphatic carbocycles. The molecule has 3 N–H and O–H groups in total. The standard InChI is InChI=1S/C37H49FN6O5/c1-25-19-21-43(22-20-25)33(46)31(27-15-17-28(38)18-16-27)44-23-30(39-24-44)41-32(45)29(14-10-13-26-11-8-7-9-12-26)40-34(47)37(5,6)42-35(48)49-36(2,3)4/h7-9,11-12,15-18,23-25,29,31H,10,13-14,19-22H2,1-6H3,(H,40,47)(H,41,45)(H,42,48).